The maximum Gasteiger partial charge on any atom is 0.406 e. The lowest BCUT2D eigenvalue weighted by atomic mass is 9.80. The zero-order valence-corrected chi connectivity index (χ0v) is 57.3. The number of ketones is 2. The van der Waals surface area contributed by atoms with E-state index in [9.17, 15) is 39.0 Å². The van der Waals surface area contributed by atoms with Crippen molar-refractivity contribution in [1.82, 2.24) is 15.1 Å². The van der Waals surface area contributed by atoms with Crippen LogP contribution in [-0.4, -0.2) is 198 Å². The average molecular weight is 1280 g/mol. The zero-order valence-electron chi connectivity index (χ0n) is 57.3. The van der Waals surface area contributed by atoms with Gasteiger partial charge in [0.2, 0.25) is 0 Å². The van der Waals surface area contributed by atoms with Gasteiger partial charge in [-0.2, -0.15) is 9.59 Å². The second-order valence-corrected chi connectivity index (χ2v) is 25.7. The monoisotopic (exact) mass is 1280 g/mol. The van der Waals surface area contributed by atoms with E-state index in [1.165, 1.54) is 13.1 Å². The summed E-state index contributed by atoms with van der Waals surface area (Å²) in [6.45, 7) is 21.4. The molecule has 22 nitrogen and oxygen atoms in total. The standard InChI is InChI=1S/C34H59NO8.C33H54N2O9.CO2/c1-11-30-27(20-36)16-21(2)12-14-29(37)23(4)17-26(19-32(39-9)40-10)33(22(3)13-15-31(38)42-30)43-34-25(6)28(35(7)8)18-24(5)41-34;1-9-28-25(19-41-33(40)34-6)16-20(2)10-12-27(37)22(4)17-24(14-15-36)31(21(3)11-13-29(38)43-28)44-32-30(39)26(35(7)8)18-23(5)42-32;2-1-3/h12,14,16,22-28,30,32-34,36H,11,13,15,17-20H2,1-10H3;10,12,15-16,21-26,28,30-32,39H,9,11,13-14,17-19H2,1-8H3,(H,34,40);/b14-12+,21-16+;12-10+,20-16+;/t22-,23+,24?,25?,26+,27+,28?,30+,33+,34?;21-,22+,23?,24-,25+,26?,28+,30?,31+,32?;/m00./s1. The number of rotatable bonds is 17. The highest BCUT2D eigenvalue weighted by Crippen LogP contribution is 2.38. The van der Waals surface area contributed by atoms with Crippen molar-refractivity contribution in [2.45, 2.75) is 227 Å². The van der Waals surface area contributed by atoms with Gasteiger partial charge in [-0.25, -0.2) is 4.79 Å². The number of ether oxygens (including phenoxy) is 9. The van der Waals surface area contributed by atoms with Gasteiger partial charge in [-0.05, 0) is 143 Å². The quantitative estimate of drug-likeness (QED) is 0.0533. The Morgan fingerprint density at radius 3 is 1.60 bits per heavy atom. The number of nitrogens with one attached hydrogen (secondary N) is 1. The molecule has 0 radical (unpaired) electrons. The Morgan fingerprint density at radius 2 is 1.14 bits per heavy atom. The van der Waals surface area contributed by atoms with Crippen LogP contribution in [0.25, 0.3) is 0 Å². The number of alkyl carbamates (subject to hydrolysis) is 1. The van der Waals surface area contributed by atoms with Crippen molar-refractivity contribution in [3.05, 3.63) is 47.6 Å². The topological polar surface area (TPSA) is 279 Å². The van der Waals surface area contributed by atoms with E-state index in [1.807, 2.05) is 86.5 Å². The number of aliphatic hydroxyl groups is 2. The number of carbonyl (C=O) groups excluding carboxylic acids is 8. The third-order valence-corrected chi connectivity index (χ3v) is 18.0. The van der Waals surface area contributed by atoms with Crippen LogP contribution in [-0.2, 0) is 76.2 Å². The molecule has 4 aliphatic heterocycles. The highest BCUT2D eigenvalue weighted by Gasteiger charge is 2.44. The molecular weight excluding hydrogens is 1160 g/mol. The van der Waals surface area contributed by atoms with E-state index in [0.717, 1.165) is 23.9 Å². The van der Waals surface area contributed by atoms with Crippen molar-refractivity contribution in [2.75, 3.05) is 62.7 Å². The number of amides is 1. The lowest BCUT2D eigenvalue weighted by Gasteiger charge is -2.45. The van der Waals surface area contributed by atoms with Crippen LogP contribution in [0.2, 0.25) is 0 Å². The van der Waals surface area contributed by atoms with E-state index >= 15 is 0 Å². The van der Waals surface area contributed by atoms with Gasteiger partial charge in [-0.3, -0.25) is 19.2 Å². The third-order valence-electron chi connectivity index (χ3n) is 18.0. The minimum atomic E-state index is -0.936. The first-order chi connectivity index (χ1) is 42.6. The number of aliphatic hydroxyl groups excluding tert-OH is 2. The van der Waals surface area contributed by atoms with Crippen molar-refractivity contribution in [1.29, 1.82) is 0 Å². The molecule has 8 unspecified atom stereocenters. The Bertz CT molecular complexity index is 2330. The zero-order chi connectivity index (χ0) is 67.9. The largest absolute Gasteiger partial charge is 0.462 e. The lowest BCUT2D eigenvalue weighted by molar-refractivity contribution is -0.280. The summed E-state index contributed by atoms with van der Waals surface area (Å²) in [7, 11) is 12.7. The molecule has 0 aliphatic carbocycles. The van der Waals surface area contributed by atoms with Crippen LogP contribution in [0.1, 0.15) is 153 Å². The van der Waals surface area contributed by atoms with E-state index in [4.69, 9.17) is 52.2 Å². The minimum Gasteiger partial charge on any atom is -0.462 e. The third kappa shape index (κ3) is 27.4. The van der Waals surface area contributed by atoms with Gasteiger partial charge in [0.05, 0.1) is 31.0 Å². The number of carbonyl (C=O) groups is 6. The molecule has 0 aromatic carbocycles. The van der Waals surface area contributed by atoms with E-state index in [-0.39, 0.29) is 122 Å². The summed E-state index contributed by atoms with van der Waals surface area (Å²) in [4.78, 5) is 96.9. The van der Waals surface area contributed by atoms with Crippen LogP contribution in [0.3, 0.4) is 0 Å². The Balaban J connectivity index is 0.000000588. The molecule has 3 N–H and O–H groups in total. The summed E-state index contributed by atoms with van der Waals surface area (Å²) in [5, 5.41) is 23.7. The second kappa shape index (κ2) is 42.4. The molecule has 514 valence electrons. The van der Waals surface area contributed by atoms with Crippen LogP contribution in [0, 0.1) is 53.3 Å². The van der Waals surface area contributed by atoms with Gasteiger partial charge in [-0.15, -0.1) is 0 Å². The summed E-state index contributed by atoms with van der Waals surface area (Å²) >= 11 is 0. The Morgan fingerprint density at radius 1 is 0.700 bits per heavy atom. The number of nitrogens with zero attached hydrogens (tertiary/aromatic N) is 2. The van der Waals surface area contributed by atoms with Crippen molar-refractivity contribution in [3.8, 4) is 0 Å². The smallest absolute Gasteiger partial charge is 0.406 e. The number of allylic oxidation sites excluding steroid dienone is 6. The summed E-state index contributed by atoms with van der Waals surface area (Å²) in [5.41, 5.74) is 1.59. The minimum absolute atomic E-state index is 0.00321. The molecule has 4 aliphatic rings. The van der Waals surface area contributed by atoms with Crippen LogP contribution < -0.4 is 5.32 Å². The molecule has 20 atom stereocenters. The molecule has 1 amide bonds. The number of hydrogen-bond donors (Lipinski definition) is 3. The fraction of sp³-hybridized carbons (Fsp3) is 0.779. The maximum absolute atomic E-state index is 13.4. The summed E-state index contributed by atoms with van der Waals surface area (Å²) in [6, 6.07) is 0.111. The van der Waals surface area contributed by atoms with Gasteiger partial charge in [0.1, 0.15) is 31.2 Å². The number of aldehydes is 1. The highest BCUT2D eigenvalue weighted by molar-refractivity contribution is 5.92. The molecule has 0 aromatic heterocycles. The average Bonchev–Trinajstić information content (AvgIpc) is 0.984. The molecule has 0 saturated carbocycles. The second-order valence-electron chi connectivity index (χ2n) is 25.7. The van der Waals surface area contributed by atoms with Crippen molar-refractivity contribution in [2.24, 2.45) is 53.3 Å². The first-order valence-corrected chi connectivity index (χ1v) is 32.3. The number of likely N-dealkylation sites (N-methyl/N-ethyl adjacent to an activating group) is 1. The van der Waals surface area contributed by atoms with Crippen molar-refractivity contribution >= 4 is 42.0 Å². The molecule has 0 bridgehead atoms. The predicted octanol–water partition coefficient (Wildman–Crippen LogP) is 8.40. The first kappa shape index (κ1) is 81.3. The fourth-order valence-corrected chi connectivity index (χ4v) is 12.6. The Kier molecular flexibility index (Phi) is 38.3. The summed E-state index contributed by atoms with van der Waals surface area (Å²) in [5.74, 6) is -2.88. The van der Waals surface area contributed by atoms with Crippen LogP contribution in [0.4, 0.5) is 4.79 Å². The van der Waals surface area contributed by atoms with Gasteiger partial charge in [0, 0.05) is 88.6 Å². The van der Waals surface area contributed by atoms with Gasteiger partial charge >= 0.3 is 24.2 Å². The van der Waals surface area contributed by atoms with Crippen LogP contribution in [0.15, 0.2) is 47.6 Å². The summed E-state index contributed by atoms with van der Waals surface area (Å²) in [6.07, 6.45) is 11.5. The van der Waals surface area contributed by atoms with Crippen molar-refractivity contribution < 1.29 is 91.2 Å². The summed E-state index contributed by atoms with van der Waals surface area (Å²) < 4.78 is 54.3. The Hall–Kier alpha value is -4.84. The number of hydrogen-bond acceptors (Lipinski definition) is 21. The van der Waals surface area contributed by atoms with Gasteiger partial charge < -0.3 is 72.8 Å². The first-order valence-electron chi connectivity index (χ1n) is 32.3. The Labute approximate surface area is 536 Å². The normalized spacial score (nSPS) is 35.9. The van der Waals surface area contributed by atoms with Gasteiger partial charge in [-0.1, -0.05) is 83.9 Å². The molecule has 4 rings (SSSR count). The maximum atomic E-state index is 13.4. The SMILES string of the molecule is CC[C@H]1OC(=O)CC[C@H](C)[C@@H](OC2OC(C)CC(N(C)C)C2C)[C@@H](CC(OC)OC)C[C@@H](C)C(=O)/C=C/C(C)=C/[C@@H]1CO.CC[C@H]1OC(=O)CC[C@H](C)[C@@H](OC2OC(C)CC(N(C)C)C2O)[C@@H](CC=O)C[C@@H](C)C(=O)/C=C/C(C)=C/[C@@H]1COC(=O)NC.O=C=O. The predicted molar refractivity (Wildman–Crippen MR) is 338 cm³/mol. The molecule has 0 aromatic rings. The number of esters is 2. The van der Waals surface area contributed by atoms with E-state index < -0.39 is 67.2 Å². The van der Waals surface area contributed by atoms with E-state index in [2.05, 4.69) is 45.1 Å². The van der Waals surface area contributed by atoms with E-state index in [1.54, 1.807) is 32.4 Å². The van der Waals surface area contributed by atoms with E-state index in [0.29, 0.717) is 57.4 Å². The molecule has 0 spiro atoms. The lowest BCUT2D eigenvalue weighted by Crippen LogP contribution is -2.55. The highest BCUT2D eigenvalue weighted by atomic mass is 16.7. The molecular formula is C68H113N3O19. The molecule has 90 heavy (non-hydrogen) atoms. The molecule has 2 fully saturated rings. The van der Waals surface area contributed by atoms with Crippen LogP contribution in [0.5, 0.6) is 0 Å². The molecule has 2 saturated heterocycles. The van der Waals surface area contributed by atoms with Crippen LogP contribution >= 0.6 is 0 Å². The molecule has 22 heteroatoms. The fourth-order valence-electron chi connectivity index (χ4n) is 12.6. The van der Waals surface area contributed by atoms with Crippen molar-refractivity contribution in [3.63, 3.8) is 0 Å². The van der Waals surface area contributed by atoms with Gasteiger partial charge in [0.25, 0.3) is 0 Å². The number of methoxy groups -OCH3 is 2. The number of cyclic esters (lactones) is 2. The molecule has 4 heterocycles. The van der Waals surface area contributed by atoms with Gasteiger partial charge in [0.15, 0.2) is 30.4 Å².